The SMILES string of the molecule is CCC(C)(CNC)CN1Cc2ccccc2C1. The Morgan fingerprint density at radius 1 is 1.24 bits per heavy atom. The van der Waals surface area contributed by atoms with Gasteiger partial charge in [0.05, 0.1) is 0 Å². The first kappa shape index (κ1) is 12.6. The highest BCUT2D eigenvalue weighted by atomic mass is 15.1. The highest BCUT2D eigenvalue weighted by Crippen LogP contribution is 2.28. The number of fused-ring (bicyclic) bond motifs is 1. The average Bonchev–Trinajstić information content (AvgIpc) is 2.71. The molecule has 0 saturated carbocycles. The molecule has 94 valence electrons. The normalized spacial score (nSPS) is 19.0. The van der Waals surface area contributed by atoms with E-state index in [0.29, 0.717) is 5.41 Å². The van der Waals surface area contributed by atoms with Crippen molar-refractivity contribution in [2.75, 3.05) is 20.1 Å². The first-order chi connectivity index (χ1) is 8.17. The Balaban J connectivity index is 1.99. The number of nitrogens with zero attached hydrogens (tertiary/aromatic N) is 1. The lowest BCUT2D eigenvalue weighted by Crippen LogP contribution is -2.39. The summed E-state index contributed by atoms with van der Waals surface area (Å²) in [5, 5.41) is 3.33. The zero-order valence-electron chi connectivity index (χ0n) is 11.3. The Hall–Kier alpha value is -0.860. The Labute approximate surface area is 105 Å². The van der Waals surface area contributed by atoms with Gasteiger partial charge in [-0.05, 0) is 30.0 Å². The molecule has 0 radical (unpaired) electrons. The van der Waals surface area contributed by atoms with Gasteiger partial charge in [0.25, 0.3) is 0 Å². The summed E-state index contributed by atoms with van der Waals surface area (Å²) in [6.07, 6.45) is 1.22. The number of benzene rings is 1. The van der Waals surface area contributed by atoms with Gasteiger partial charge in [-0.15, -0.1) is 0 Å². The lowest BCUT2D eigenvalue weighted by molar-refractivity contribution is 0.157. The molecule has 17 heavy (non-hydrogen) atoms. The third-order valence-corrected chi connectivity index (χ3v) is 3.97. The van der Waals surface area contributed by atoms with Crippen molar-refractivity contribution in [2.24, 2.45) is 5.41 Å². The van der Waals surface area contributed by atoms with E-state index in [4.69, 9.17) is 0 Å². The van der Waals surface area contributed by atoms with Crippen molar-refractivity contribution in [1.82, 2.24) is 10.2 Å². The third kappa shape index (κ3) is 2.88. The van der Waals surface area contributed by atoms with E-state index in [1.54, 1.807) is 0 Å². The largest absolute Gasteiger partial charge is 0.319 e. The molecule has 0 fully saturated rings. The van der Waals surface area contributed by atoms with Crippen LogP contribution in [0.2, 0.25) is 0 Å². The predicted molar refractivity (Wildman–Crippen MR) is 72.9 cm³/mol. The smallest absolute Gasteiger partial charge is 0.0240 e. The van der Waals surface area contributed by atoms with Crippen LogP contribution >= 0.6 is 0 Å². The van der Waals surface area contributed by atoms with Crippen LogP contribution in [0, 0.1) is 5.41 Å². The van der Waals surface area contributed by atoms with E-state index >= 15 is 0 Å². The van der Waals surface area contributed by atoms with Gasteiger partial charge < -0.3 is 5.32 Å². The van der Waals surface area contributed by atoms with Crippen molar-refractivity contribution >= 4 is 0 Å². The van der Waals surface area contributed by atoms with Gasteiger partial charge in [0, 0.05) is 26.2 Å². The summed E-state index contributed by atoms with van der Waals surface area (Å²) < 4.78 is 0. The van der Waals surface area contributed by atoms with Crippen molar-refractivity contribution < 1.29 is 0 Å². The zero-order chi connectivity index (χ0) is 12.3. The average molecular weight is 232 g/mol. The minimum atomic E-state index is 0.386. The summed E-state index contributed by atoms with van der Waals surface area (Å²) in [7, 11) is 2.05. The summed E-state index contributed by atoms with van der Waals surface area (Å²) >= 11 is 0. The zero-order valence-corrected chi connectivity index (χ0v) is 11.3. The molecular formula is C15H24N2. The topological polar surface area (TPSA) is 15.3 Å². The molecule has 0 bridgehead atoms. The molecule has 1 aromatic carbocycles. The van der Waals surface area contributed by atoms with Crippen molar-refractivity contribution in [2.45, 2.75) is 33.4 Å². The molecule has 1 atom stereocenters. The fourth-order valence-electron chi connectivity index (χ4n) is 2.77. The van der Waals surface area contributed by atoms with Gasteiger partial charge in [-0.1, -0.05) is 38.1 Å². The predicted octanol–water partition coefficient (Wildman–Crippen LogP) is 2.64. The van der Waals surface area contributed by atoms with Crippen LogP contribution < -0.4 is 5.32 Å². The van der Waals surface area contributed by atoms with Crippen molar-refractivity contribution in [3.05, 3.63) is 35.4 Å². The minimum Gasteiger partial charge on any atom is -0.319 e. The van der Waals surface area contributed by atoms with E-state index in [0.717, 1.165) is 19.6 Å². The summed E-state index contributed by atoms with van der Waals surface area (Å²) in [6.45, 7) is 9.19. The quantitative estimate of drug-likeness (QED) is 0.839. The van der Waals surface area contributed by atoms with Crippen LogP contribution in [0.5, 0.6) is 0 Å². The summed E-state index contributed by atoms with van der Waals surface area (Å²) in [6, 6.07) is 8.82. The summed E-state index contributed by atoms with van der Waals surface area (Å²) in [5.41, 5.74) is 3.40. The van der Waals surface area contributed by atoms with Gasteiger partial charge in [0.15, 0.2) is 0 Å². The number of nitrogens with one attached hydrogen (secondary N) is 1. The highest BCUT2D eigenvalue weighted by molar-refractivity contribution is 5.30. The molecule has 0 amide bonds. The lowest BCUT2D eigenvalue weighted by Gasteiger charge is -2.32. The van der Waals surface area contributed by atoms with Crippen molar-refractivity contribution in [1.29, 1.82) is 0 Å². The van der Waals surface area contributed by atoms with E-state index < -0.39 is 0 Å². The van der Waals surface area contributed by atoms with E-state index in [9.17, 15) is 0 Å². The van der Waals surface area contributed by atoms with E-state index in [-0.39, 0.29) is 0 Å². The maximum atomic E-state index is 3.33. The fraction of sp³-hybridized carbons (Fsp3) is 0.600. The molecule has 0 aromatic heterocycles. The Morgan fingerprint density at radius 3 is 2.29 bits per heavy atom. The van der Waals surface area contributed by atoms with Gasteiger partial charge in [-0.2, -0.15) is 0 Å². The third-order valence-electron chi connectivity index (χ3n) is 3.97. The van der Waals surface area contributed by atoms with E-state index in [2.05, 4.69) is 48.3 Å². The Kier molecular flexibility index (Phi) is 3.85. The Morgan fingerprint density at radius 2 is 1.82 bits per heavy atom. The maximum absolute atomic E-state index is 3.33. The second-order valence-electron chi connectivity index (χ2n) is 5.61. The van der Waals surface area contributed by atoms with Crippen LogP contribution in [0.15, 0.2) is 24.3 Å². The van der Waals surface area contributed by atoms with E-state index in [1.165, 1.54) is 24.1 Å². The molecule has 1 heterocycles. The van der Waals surface area contributed by atoms with Crippen LogP contribution in [0.1, 0.15) is 31.4 Å². The monoisotopic (exact) mass is 232 g/mol. The second kappa shape index (κ2) is 5.19. The van der Waals surface area contributed by atoms with Crippen LogP contribution in [-0.2, 0) is 13.1 Å². The molecular weight excluding hydrogens is 208 g/mol. The van der Waals surface area contributed by atoms with Crippen molar-refractivity contribution in [3.8, 4) is 0 Å². The lowest BCUT2D eigenvalue weighted by atomic mass is 9.87. The molecule has 0 saturated heterocycles. The molecule has 2 heteroatoms. The first-order valence-corrected chi connectivity index (χ1v) is 6.60. The van der Waals surface area contributed by atoms with Gasteiger partial charge >= 0.3 is 0 Å². The van der Waals surface area contributed by atoms with Gasteiger partial charge in [0.1, 0.15) is 0 Å². The molecule has 2 nitrogen and oxygen atoms in total. The number of rotatable bonds is 5. The maximum Gasteiger partial charge on any atom is 0.0240 e. The molecule has 1 aliphatic heterocycles. The first-order valence-electron chi connectivity index (χ1n) is 6.60. The van der Waals surface area contributed by atoms with Crippen LogP contribution in [0.3, 0.4) is 0 Å². The molecule has 2 rings (SSSR count). The second-order valence-corrected chi connectivity index (χ2v) is 5.61. The number of hydrogen-bond acceptors (Lipinski definition) is 2. The molecule has 1 aromatic rings. The molecule has 1 unspecified atom stereocenters. The molecule has 0 spiro atoms. The number of hydrogen-bond donors (Lipinski definition) is 1. The van der Waals surface area contributed by atoms with Gasteiger partial charge in [-0.25, -0.2) is 0 Å². The molecule has 1 aliphatic rings. The molecule has 1 N–H and O–H groups in total. The molecule has 0 aliphatic carbocycles. The van der Waals surface area contributed by atoms with Gasteiger partial charge in [-0.3, -0.25) is 4.90 Å². The highest BCUT2D eigenvalue weighted by Gasteiger charge is 2.27. The standard InChI is InChI=1S/C15H24N2/c1-4-15(2,11-16-3)12-17-9-13-7-5-6-8-14(13)10-17/h5-8,16H,4,9-12H2,1-3H3. The van der Waals surface area contributed by atoms with Crippen LogP contribution in [0.25, 0.3) is 0 Å². The van der Waals surface area contributed by atoms with Crippen LogP contribution in [-0.4, -0.2) is 25.0 Å². The van der Waals surface area contributed by atoms with E-state index in [1.807, 2.05) is 7.05 Å². The van der Waals surface area contributed by atoms with Crippen molar-refractivity contribution in [3.63, 3.8) is 0 Å². The summed E-state index contributed by atoms with van der Waals surface area (Å²) in [5.74, 6) is 0. The van der Waals surface area contributed by atoms with Crippen LogP contribution in [0.4, 0.5) is 0 Å². The Bertz CT molecular complexity index is 350. The summed E-state index contributed by atoms with van der Waals surface area (Å²) in [4.78, 5) is 2.57. The minimum absolute atomic E-state index is 0.386. The fourth-order valence-corrected chi connectivity index (χ4v) is 2.77. The van der Waals surface area contributed by atoms with Gasteiger partial charge in [0.2, 0.25) is 0 Å².